The van der Waals surface area contributed by atoms with E-state index in [0.717, 1.165) is 26.7 Å². The summed E-state index contributed by atoms with van der Waals surface area (Å²) in [4.78, 5) is 37.1. The van der Waals surface area contributed by atoms with Crippen LogP contribution < -0.4 is 9.47 Å². The Hall–Kier alpha value is -2.30. The third-order valence-electron chi connectivity index (χ3n) is 4.23. The van der Waals surface area contributed by atoms with Gasteiger partial charge in [-0.2, -0.15) is 0 Å². The molecule has 1 heterocycles. The van der Waals surface area contributed by atoms with Gasteiger partial charge in [0, 0.05) is 4.47 Å². The number of esters is 1. The molecule has 2 aromatic rings. The molecule has 0 spiro atoms. The molecule has 1 aliphatic rings. The van der Waals surface area contributed by atoms with Crippen molar-refractivity contribution in [3.8, 4) is 11.5 Å². The molecule has 0 radical (unpaired) electrons. The van der Waals surface area contributed by atoms with Gasteiger partial charge in [0.05, 0.1) is 23.6 Å². The highest BCUT2D eigenvalue weighted by Crippen LogP contribution is 2.39. The summed E-state index contributed by atoms with van der Waals surface area (Å²) in [5, 5.41) is -0.526. The molecule has 0 aromatic heterocycles. The van der Waals surface area contributed by atoms with Crippen LogP contribution in [0, 0.1) is 0 Å². The zero-order chi connectivity index (χ0) is 22.5. The summed E-state index contributed by atoms with van der Waals surface area (Å²) in [6.45, 7) is -0.0810. The Morgan fingerprint density at radius 3 is 2.48 bits per heavy atom. The van der Waals surface area contributed by atoms with Gasteiger partial charge in [0.15, 0.2) is 11.5 Å². The molecule has 3 rings (SSSR count). The van der Waals surface area contributed by atoms with Crippen LogP contribution in [0.5, 0.6) is 11.5 Å². The summed E-state index contributed by atoms with van der Waals surface area (Å²) in [5.41, 5.74) is 1.61. The molecule has 1 saturated heterocycles. The van der Waals surface area contributed by atoms with Gasteiger partial charge in [-0.15, -0.1) is 0 Å². The molecule has 10 heteroatoms. The molecule has 0 saturated carbocycles. The van der Waals surface area contributed by atoms with E-state index in [9.17, 15) is 14.4 Å². The first kappa shape index (κ1) is 23.4. The smallest absolute Gasteiger partial charge is 0.325 e. The van der Waals surface area contributed by atoms with Crippen LogP contribution in [0.3, 0.4) is 0 Å². The summed E-state index contributed by atoms with van der Waals surface area (Å²) >= 11 is 7.64. The summed E-state index contributed by atoms with van der Waals surface area (Å²) in [7, 11) is 2.71. The van der Waals surface area contributed by atoms with Crippen LogP contribution in [0.2, 0.25) is 0 Å². The predicted molar refractivity (Wildman–Crippen MR) is 124 cm³/mol. The molecule has 7 nitrogen and oxygen atoms in total. The van der Waals surface area contributed by atoms with Crippen LogP contribution in [-0.4, -0.2) is 42.8 Å². The number of hydrogen-bond acceptors (Lipinski definition) is 7. The standard InChI is InChI=1S/C21H17Br2NO6S/c1-28-16-8-13(9-17-20(26)24(21(27)31-17)10-18(25)29-2)7-15(23)19(16)30-11-12-3-5-14(22)6-4-12/h3-9H,10-11H2,1-2H3/b17-9-. The number of nitrogens with zero attached hydrogens (tertiary/aromatic N) is 1. The van der Waals surface area contributed by atoms with Gasteiger partial charge < -0.3 is 14.2 Å². The number of carbonyl (C=O) groups excluding carboxylic acids is 3. The van der Waals surface area contributed by atoms with Crippen LogP contribution in [0.4, 0.5) is 4.79 Å². The minimum absolute atomic E-state index is 0.200. The van der Waals surface area contributed by atoms with E-state index in [-0.39, 0.29) is 4.91 Å². The van der Waals surface area contributed by atoms with E-state index in [0.29, 0.717) is 28.1 Å². The van der Waals surface area contributed by atoms with Gasteiger partial charge in [-0.1, -0.05) is 28.1 Å². The normalized spacial score (nSPS) is 14.8. The Kier molecular flexibility index (Phi) is 7.79. The number of halogens is 2. The summed E-state index contributed by atoms with van der Waals surface area (Å²) in [5.74, 6) is -0.237. The highest BCUT2D eigenvalue weighted by atomic mass is 79.9. The number of benzene rings is 2. The van der Waals surface area contributed by atoms with Gasteiger partial charge in [-0.05, 0) is 69.2 Å². The number of ether oxygens (including phenoxy) is 3. The third-order valence-corrected chi connectivity index (χ3v) is 6.26. The van der Waals surface area contributed by atoms with E-state index >= 15 is 0 Å². The molecule has 0 bridgehead atoms. The van der Waals surface area contributed by atoms with Gasteiger partial charge in [-0.25, -0.2) is 0 Å². The molecule has 0 N–H and O–H groups in total. The van der Waals surface area contributed by atoms with E-state index in [4.69, 9.17) is 9.47 Å². The van der Waals surface area contributed by atoms with Crippen molar-refractivity contribution in [1.82, 2.24) is 4.90 Å². The van der Waals surface area contributed by atoms with Gasteiger partial charge >= 0.3 is 5.97 Å². The van der Waals surface area contributed by atoms with Crippen molar-refractivity contribution in [2.75, 3.05) is 20.8 Å². The molecule has 31 heavy (non-hydrogen) atoms. The second-order valence-electron chi connectivity index (χ2n) is 6.29. The number of thioether (sulfide) groups is 1. The van der Waals surface area contributed by atoms with Crippen LogP contribution >= 0.6 is 43.6 Å². The van der Waals surface area contributed by atoms with Crippen molar-refractivity contribution in [3.05, 3.63) is 61.4 Å². The van der Waals surface area contributed by atoms with Gasteiger partial charge in [-0.3, -0.25) is 19.3 Å². The van der Waals surface area contributed by atoms with Crippen molar-refractivity contribution in [2.45, 2.75) is 6.61 Å². The van der Waals surface area contributed by atoms with Crippen molar-refractivity contribution < 1.29 is 28.6 Å². The van der Waals surface area contributed by atoms with E-state index < -0.39 is 23.7 Å². The maximum atomic E-state index is 12.5. The van der Waals surface area contributed by atoms with Crippen molar-refractivity contribution in [1.29, 1.82) is 0 Å². The van der Waals surface area contributed by atoms with Crippen LogP contribution in [-0.2, 0) is 20.9 Å². The minimum Gasteiger partial charge on any atom is -0.493 e. The van der Waals surface area contributed by atoms with E-state index in [1.807, 2.05) is 24.3 Å². The number of amides is 2. The first-order valence-electron chi connectivity index (χ1n) is 8.89. The fourth-order valence-electron chi connectivity index (χ4n) is 2.68. The predicted octanol–water partition coefficient (Wildman–Crippen LogP) is 5.01. The SMILES string of the molecule is COC(=O)CN1C(=O)S/C(=C\c2cc(Br)c(OCc3ccc(Br)cc3)c(OC)c2)C1=O. The molecule has 0 unspecified atom stereocenters. The molecule has 2 amide bonds. The molecule has 1 fully saturated rings. The summed E-state index contributed by atoms with van der Waals surface area (Å²) in [6.07, 6.45) is 1.56. The fourth-order valence-corrected chi connectivity index (χ4v) is 4.36. The Balaban J connectivity index is 1.80. The van der Waals surface area contributed by atoms with E-state index in [1.54, 1.807) is 18.2 Å². The second-order valence-corrected chi connectivity index (χ2v) is 9.06. The quantitative estimate of drug-likeness (QED) is 0.342. The maximum Gasteiger partial charge on any atom is 0.325 e. The first-order chi connectivity index (χ1) is 14.8. The maximum absolute atomic E-state index is 12.5. The molecule has 162 valence electrons. The molecule has 1 aliphatic heterocycles. The number of methoxy groups -OCH3 is 2. The largest absolute Gasteiger partial charge is 0.493 e. The molecule has 0 atom stereocenters. The lowest BCUT2D eigenvalue weighted by molar-refractivity contribution is -0.143. The number of rotatable bonds is 7. The van der Waals surface area contributed by atoms with Gasteiger partial charge in [0.2, 0.25) is 0 Å². The van der Waals surface area contributed by atoms with Gasteiger partial charge in [0.25, 0.3) is 11.1 Å². The zero-order valence-electron chi connectivity index (χ0n) is 16.5. The van der Waals surface area contributed by atoms with Crippen molar-refractivity contribution >= 4 is 66.8 Å². The topological polar surface area (TPSA) is 82.1 Å². The number of carbonyl (C=O) groups is 3. The molecular weight excluding hydrogens is 554 g/mol. The van der Waals surface area contributed by atoms with Crippen LogP contribution in [0.25, 0.3) is 6.08 Å². The van der Waals surface area contributed by atoms with E-state index in [2.05, 4.69) is 36.6 Å². The number of imide groups is 1. The Morgan fingerprint density at radius 1 is 1.13 bits per heavy atom. The minimum atomic E-state index is -0.666. The Bertz CT molecular complexity index is 1050. The highest BCUT2D eigenvalue weighted by Gasteiger charge is 2.36. The average Bonchev–Trinajstić information content (AvgIpc) is 3.01. The molecule has 2 aromatic carbocycles. The molecular formula is C21H17Br2NO6S. The average molecular weight is 571 g/mol. The lowest BCUT2D eigenvalue weighted by atomic mass is 10.1. The van der Waals surface area contributed by atoms with Crippen LogP contribution in [0.15, 0.2) is 50.2 Å². The zero-order valence-corrected chi connectivity index (χ0v) is 20.5. The van der Waals surface area contributed by atoms with Crippen LogP contribution in [0.1, 0.15) is 11.1 Å². The lowest BCUT2D eigenvalue weighted by Crippen LogP contribution is -2.34. The molecule has 0 aliphatic carbocycles. The summed E-state index contributed by atoms with van der Waals surface area (Å²) < 4.78 is 17.5. The third kappa shape index (κ3) is 5.69. The van der Waals surface area contributed by atoms with E-state index in [1.165, 1.54) is 14.2 Å². The Labute approximate surface area is 200 Å². The van der Waals surface area contributed by atoms with Crippen molar-refractivity contribution in [3.63, 3.8) is 0 Å². The second kappa shape index (κ2) is 10.3. The number of hydrogen-bond donors (Lipinski definition) is 0. The Morgan fingerprint density at radius 2 is 1.84 bits per heavy atom. The van der Waals surface area contributed by atoms with Crippen molar-refractivity contribution in [2.24, 2.45) is 0 Å². The fraction of sp³-hybridized carbons (Fsp3) is 0.190. The first-order valence-corrected chi connectivity index (χ1v) is 11.3. The summed E-state index contributed by atoms with van der Waals surface area (Å²) in [6, 6.07) is 11.2. The van der Waals surface area contributed by atoms with Gasteiger partial charge in [0.1, 0.15) is 13.2 Å². The lowest BCUT2D eigenvalue weighted by Gasteiger charge is -2.14. The highest BCUT2D eigenvalue weighted by molar-refractivity contribution is 9.10. The monoisotopic (exact) mass is 569 g/mol.